The first kappa shape index (κ1) is 15.1. The second kappa shape index (κ2) is 5.76. The Morgan fingerprint density at radius 2 is 1.71 bits per heavy atom. The van der Waals surface area contributed by atoms with Gasteiger partial charge in [0.25, 0.3) is 10.1 Å². The van der Waals surface area contributed by atoms with Crippen LogP contribution >= 0.6 is 11.6 Å². The Bertz CT molecular complexity index is 346. The molecule has 1 fully saturated rings. The number of ether oxygens (including phenoxy) is 1. The zero-order valence-electron chi connectivity index (χ0n) is 8.51. The van der Waals surface area contributed by atoms with Crippen molar-refractivity contribution in [3.8, 4) is 0 Å². The molecular weight excluding hydrogens is 280 g/mol. The van der Waals surface area contributed by atoms with E-state index in [1.165, 1.54) is 0 Å². The fourth-order valence-corrected chi connectivity index (χ4v) is 1.86. The maximum atomic E-state index is 10.9. The van der Waals surface area contributed by atoms with Crippen LogP contribution in [0.4, 0.5) is 0 Å². The van der Waals surface area contributed by atoms with Crippen LogP contribution in [0.25, 0.3) is 0 Å². The molecule has 1 aliphatic rings. The fourth-order valence-electron chi connectivity index (χ4n) is 1.27. The average molecular weight is 293 g/mol. The number of rotatable bonds is 4. The smallest absolute Gasteiger partial charge is 0.281 e. The largest absolute Gasteiger partial charge is 0.387 e. The van der Waals surface area contributed by atoms with Crippen LogP contribution in [0.3, 0.4) is 0 Å². The summed E-state index contributed by atoms with van der Waals surface area (Å²) in [4.78, 5) is 0. The van der Waals surface area contributed by atoms with Crippen molar-refractivity contribution in [2.24, 2.45) is 0 Å². The molecule has 1 aliphatic heterocycles. The van der Waals surface area contributed by atoms with Crippen LogP contribution in [0.2, 0.25) is 0 Å². The van der Waals surface area contributed by atoms with E-state index in [1.807, 2.05) is 0 Å². The number of halogens is 1. The summed E-state index contributed by atoms with van der Waals surface area (Å²) in [6.07, 6.45) is -7.95. The number of hydrogen-bond donors (Lipinski definition) is 4. The minimum atomic E-state index is -3.94. The zero-order valence-corrected chi connectivity index (χ0v) is 10.1. The van der Waals surface area contributed by atoms with Crippen LogP contribution in [0.5, 0.6) is 0 Å². The van der Waals surface area contributed by atoms with Crippen LogP contribution < -0.4 is 0 Å². The Morgan fingerprint density at radius 1 is 1.12 bits per heavy atom. The molecule has 1 heterocycles. The molecule has 0 saturated carbocycles. The molecule has 0 unspecified atom stereocenters. The summed E-state index contributed by atoms with van der Waals surface area (Å²) in [5.41, 5.74) is 0. The molecule has 0 aromatic rings. The van der Waals surface area contributed by atoms with Gasteiger partial charge in [0.05, 0.1) is 6.61 Å². The lowest BCUT2D eigenvalue weighted by Crippen LogP contribution is -2.58. The normalized spacial score (nSPS) is 39.2. The van der Waals surface area contributed by atoms with Gasteiger partial charge in [-0.3, -0.25) is 4.18 Å². The lowest BCUT2D eigenvalue weighted by molar-refractivity contribution is -0.285. The van der Waals surface area contributed by atoms with Crippen LogP contribution in [0.1, 0.15) is 0 Å². The molecule has 5 atom stereocenters. The van der Waals surface area contributed by atoms with Gasteiger partial charge >= 0.3 is 0 Å². The standard InChI is InChI=1S/C7H13ClO8S/c8-2-17(13,14)15-1-3-4(9)5(10)6(11)7(12)16-3/h3-7,9-12H,1-2H2/t3-,4-,5+,6-,7+/m1/s1. The highest BCUT2D eigenvalue weighted by Gasteiger charge is 2.43. The average Bonchev–Trinajstić information content (AvgIpc) is 2.29. The summed E-state index contributed by atoms with van der Waals surface area (Å²) in [7, 11) is -3.94. The first-order valence-electron chi connectivity index (χ1n) is 4.59. The molecule has 0 aliphatic carbocycles. The number of hydrogen-bond acceptors (Lipinski definition) is 8. The van der Waals surface area contributed by atoms with Gasteiger partial charge < -0.3 is 25.2 Å². The van der Waals surface area contributed by atoms with Gasteiger partial charge in [0.15, 0.2) is 6.29 Å². The van der Waals surface area contributed by atoms with Crippen molar-refractivity contribution in [3.05, 3.63) is 0 Å². The monoisotopic (exact) mass is 292 g/mol. The van der Waals surface area contributed by atoms with Crippen LogP contribution in [0, 0.1) is 0 Å². The Balaban J connectivity index is 2.60. The fraction of sp³-hybridized carbons (Fsp3) is 1.00. The first-order chi connectivity index (χ1) is 7.78. The lowest BCUT2D eigenvalue weighted by atomic mass is 10.00. The maximum absolute atomic E-state index is 10.9. The molecule has 0 aromatic carbocycles. The van der Waals surface area contributed by atoms with E-state index in [-0.39, 0.29) is 0 Å². The topological polar surface area (TPSA) is 134 Å². The second-order valence-electron chi connectivity index (χ2n) is 3.49. The Labute approximate surface area is 102 Å². The zero-order chi connectivity index (χ0) is 13.2. The molecule has 0 spiro atoms. The summed E-state index contributed by atoms with van der Waals surface area (Å²) >= 11 is 5.07. The quantitative estimate of drug-likeness (QED) is 0.326. The molecule has 1 rings (SSSR count). The first-order valence-corrected chi connectivity index (χ1v) is 6.70. The molecule has 10 heteroatoms. The summed E-state index contributed by atoms with van der Waals surface area (Å²) in [6, 6.07) is 0. The SMILES string of the molecule is O=S(=O)(CCl)OC[C@H]1O[C@H](O)[C@H](O)[C@@H](O)[C@@H]1O. The van der Waals surface area contributed by atoms with E-state index >= 15 is 0 Å². The molecule has 0 aromatic heterocycles. The van der Waals surface area contributed by atoms with Gasteiger partial charge in [-0.1, -0.05) is 0 Å². The molecular formula is C7H13ClO8S. The van der Waals surface area contributed by atoms with E-state index in [4.69, 9.17) is 21.8 Å². The van der Waals surface area contributed by atoms with E-state index in [0.717, 1.165) is 0 Å². The highest BCUT2D eigenvalue weighted by Crippen LogP contribution is 2.20. The van der Waals surface area contributed by atoms with Gasteiger partial charge in [-0.15, -0.1) is 11.6 Å². The van der Waals surface area contributed by atoms with Crippen molar-refractivity contribution in [2.75, 3.05) is 11.8 Å². The maximum Gasteiger partial charge on any atom is 0.281 e. The third kappa shape index (κ3) is 3.73. The van der Waals surface area contributed by atoms with Crippen molar-refractivity contribution in [1.82, 2.24) is 0 Å². The molecule has 102 valence electrons. The minimum Gasteiger partial charge on any atom is -0.387 e. The van der Waals surface area contributed by atoms with Gasteiger partial charge in [0.2, 0.25) is 0 Å². The highest BCUT2D eigenvalue weighted by atomic mass is 35.5. The van der Waals surface area contributed by atoms with E-state index in [2.05, 4.69) is 8.92 Å². The minimum absolute atomic E-state index is 0.628. The molecule has 0 radical (unpaired) electrons. The molecule has 0 bridgehead atoms. The predicted octanol–water partition coefficient (Wildman–Crippen LogP) is -2.67. The van der Waals surface area contributed by atoms with Gasteiger partial charge in [-0.05, 0) is 0 Å². The van der Waals surface area contributed by atoms with E-state index in [9.17, 15) is 18.6 Å². The lowest BCUT2D eigenvalue weighted by Gasteiger charge is -2.37. The van der Waals surface area contributed by atoms with Crippen molar-refractivity contribution >= 4 is 21.7 Å². The summed E-state index contributed by atoms with van der Waals surface area (Å²) in [5.74, 6) is 0. The van der Waals surface area contributed by atoms with Crippen molar-refractivity contribution in [3.63, 3.8) is 0 Å². The van der Waals surface area contributed by atoms with Crippen molar-refractivity contribution in [1.29, 1.82) is 0 Å². The Hall–Kier alpha value is -0.0000000000000000971. The number of aliphatic hydroxyl groups excluding tert-OH is 4. The highest BCUT2D eigenvalue weighted by molar-refractivity contribution is 7.87. The Morgan fingerprint density at radius 3 is 2.24 bits per heavy atom. The van der Waals surface area contributed by atoms with Crippen LogP contribution in [-0.4, -0.2) is 71.4 Å². The van der Waals surface area contributed by atoms with Gasteiger partial charge in [0.1, 0.15) is 29.6 Å². The molecule has 8 nitrogen and oxygen atoms in total. The molecule has 17 heavy (non-hydrogen) atoms. The summed E-state index contributed by atoms with van der Waals surface area (Å²) < 4.78 is 30.9. The van der Waals surface area contributed by atoms with Crippen LogP contribution in [0.15, 0.2) is 0 Å². The molecule has 1 saturated heterocycles. The Kier molecular flexibility index (Phi) is 5.10. The van der Waals surface area contributed by atoms with Crippen molar-refractivity contribution in [2.45, 2.75) is 30.7 Å². The summed E-state index contributed by atoms with van der Waals surface area (Å²) in [5, 5.41) is 36.3. The van der Waals surface area contributed by atoms with E-state index < -0.39 is 52.6 Å². The molecule has 4 N–H and O–H groups in total. The van der Waals surface area contributed by atoms with Gasteiger partial charge in [-0.2, -0.15) is 8.42 Å². The molecule has 0 amide bonds. The van der Waals surface area contributed by atoms with Gasteiger partial charge in [0, 0.05) is 0 Å². The second-order valence-corrected chi connectivity index (χ2v) is 5.71. The van der Waals surface area contributed by atoms with E-state index in [1.54, 1.807) is 0 Å². The van der Waals surface area contributed by atoms with Crippen LogP contribution in [-0.2, 0) is 19.0 Å². The van der Waals surface area contributed by atoms with Gasteiger partial charge in [-0.25, -0.2) is 0 Å². The third-order valence-corrected chi connectivity index (χ3v) is 3.80. The third-order valence-electron chi connectivity index (χ3n) is 2.23. The van der Waals surface area contributed by atoms with E-state index in [0.29, 0.717) is 0 Å². The van der Waals surface area contributed by atoms with Crippen molar-refractivity contribution < 1.29 is 37.8 Å². The predicted molar refractivity (Wildman–Crippen MR) is 54.5 cm³/mol. The summed E-state index contributed by atoms with van der Waals surface area (Å²) in [6.45, 7) is -0.628. The number of alkyl halides is 1. The number of aliphatic hydroxyl groups is 4.